The molecule has 11 heteroatoms. The summed E-state index contributed by atoms with van der Waals surface area (Å²) in [5.41, 5.74) is 9.04. The molecule has 4 aromatic rings. The van der Waals surface area contributed by atoms with Crippen molar-refractivity contribution in [3.8, 4) is 6.07 Å². The standard InChI is InChI=1S/C22H20ClN9O/c23-15-7-18-21(28-10-15)33-22(31-18)32-6-3-13(11-32)17(1-4-24)27-9-14(8-25)19-16-2-5-26-20(16)30-12-29-19/h2,5,7-10,12-13,17H,1,3,6,11,25H2,(H,26,29,30). The van der Waals surface area contributed by atoms with Crippen LogP contribution in [0.15, 0.2) is 46.5 Å². The van der Waals surface area contributed by atoms with E-state index in [1.165, 1.54) is 18.7 Å². The molecule has 0 spiro atoms. The average molecular weight is 462 g/mol. The van der Waals surface area contributed by atoms with E-state index in [9.17, 15) is 5.26 Å². The van der Waals surface area contributed by atoms with Gasteiger partial charge in [-0.25, -0.2) is 15.0 Å². The quantitative estimate of drug-likeness (QED) is 0.415. The Morgan fingerprint density at radius 2 is 2.36 bits per heavy atom. The Kier molecular flexibility index (Phi) is 5.62. The average Bonchev–Trinajstić information content (AvgIpc) is 3.57. The number of nitrogens with one attached hydrogen (secondary N) is 1. The van der Waals surface area contributed by atoms with Gasteiger partial charge in [0.1, 0.15) is 17.5 Å². The molecule has 3 N–H and O–H groups in total. The van der Waals surface area contributed by atoms with Crippen LogP contribution in [0, 0.1) is 17.2 Å². The van der Waals surface area contributed by atoms with Crippen molar-refractivity contribution in [1.82, 2.24) is 24.9 Å². The molecule has 10 nitrogen and oxygen atoms in total. The normalized spacial score (nSPS) is 17.9. The third-order valence-corrected chi connectivity index (χ3v) is 5.96. The number of hydrogen-bond donors (Lipinski definition) is 2. The molecule has 0 amide bonds. The predicted octanol–water partition coefficient (Wildman–Crippen LogP) is 3.33. The lowest BCUT2D eigenvalue weighted by Gasteiger charge is -2.18. The molecule has 1 aliphatic heterocycles. The number of allylic oxidation sites excluding steroid dienone is 1. The van der Waals surface area contributed by atoms with Crippen LogP contribution in [0.5, 0.6) is 0 Å². The zero-order chi connectivity index (χ0) is 22.8. The second kappa shape index (κ2) is 8.88. The van der Waals surface area contributed by atoms with Gasteiger partial charge in [0, 0.05) is 54.8 Å². The molecule has 1 fully saturated rings. The Bertz CT molecular complexity index is 1400. The van der Waals surface area contributed by atoms with Gasteiger partial charge >= 0.3 is 0 Å². The van der Waals surface area contributed by atoms with E-state index in [0.717, 1.165) is 24.0 Å². The summed E-state index contributed by atoms with van der Waals surface area (Å²) in [5, 5.41) is 10.8. The number of anilines is 1. The fourth-order valence-electron chi connectivity index (χ4n) is 4.09. The van der Waals surface area contributed by atoms with Crippen LogP contribution in [-0.4, -0.2) is 50.3 Å². The van der Waals surface area contributed by atoms with Crippen molar-refractivity contribution >= 4 is 51.7 Å². The molecule has 1 aliphatic rings. The van der Waals surface area contributed by atoms with E-state index in [-0.39, 0.29) is 12.0 Å². The number of fused-ring (bicyclic) bond motifs is 2. The van der Waals surface area contributed by atoms with Gasteiger partial charge in [-0.3, -0.25) is 4.99 Å². The maximum Gasteiger partial charge on any atom is 0.299 e. The second-order valence-electron chi connectivity index (χ2n) is 7.76. The van der Waals surface area contributed by atoms with E-state index >= 15 is 0 Å². The van der Waals surface area contributed by atoms with Crippen molar-refractivity contribution in [2.75, 3.05) is 18.0 Å². The Morgan fingerprint density at radius 1 is 1.45 bits per heavy atom. The Hall–Kier alpha value is -3.97. The highest BCUT2D eigenvalue weighted by molar-refractivity contribution is 6.31. The number of nitrogens with zero attached hydrogens (tertiary/aromatic N) is 7. The molecule has 2 atom stereocenters. The molecule has 4 aromatic heterocycles. The van der Waals surface area contributed by atoms with Crippen molar-refractivity contribution in [1.29, 1.82) is 5.26 Å². The van der Waals surface area contributed by atoms with E-state index in [4.69, 9.17) is 26.7 Å². The van der Waals surface area contributed by atoms with Crippen LogP contribution in [0.4, 0.5) is 6.01 Å². The van der Waals surface area contributed by atoms with Crippen LogP contribution in [0.2, 0.25) is 5.02 Å². The summed E-state index contributed by atoms with van der Waals surface area (Å²) in [5.74, 6) is 0.157. The van der Waals surface area contributed by atoms with Crippen LogP contribution in [0.1, 0.15) is 18.5 Å². The van der Waals surface area contributed by atoms with Crippen LogP contribution < -0.4 is 10.6 Å². The SMILES string of the molecule is N#CCC(N=CC(=CN)c1ncnc2[nH]ccc12)C1CCN(c2nc3cc(Cl)cnc3o2)C1. The maximum atomic E-state index is 9.40. The van der Waals surface area contributed by atoms with Crippen molar-refractivity contribution in [3.63, 3.8) is 0 Å². The number of pyridine rings is 1. The number of nitriles is 1. The lowest BCUT2D eigenvalue weighted by molar-refractivity contribution is 0.465. The van der Waals surface area contributed by atoms with Gasteiger partial charge < -0.3 is 20.0 Å². The van der Waals surface area contributed by atoms with Crippen LogP contribution >= 0.6 is 11.6 Å². The molecular formula is C22H20ClN9O. The lowest BCUT2D eigenvalue weighted by atomic mass is 9.97. The van der Waals surface area contributed by atoms with Gasteiger partial charge in [-0.15, -0.1) is 0 Å². The van der Waals surface area contributed by atoms with Crippen LogP contribution in [-0.2, 0) is 0 Å². The molecule has 5 rings (SSSR count). The van der Waals surface area contributed by atoms with Gasteiger partial charge in [-0.1, -0.05) is 11.6 Å². The molecule has 166 valence electrons. The monoisotopic (exact) mass is 461 g/mol. The highest BCUT2D eigenvalue weighted by atomic mass is 35.5. The summed E-state index contributed by atoms with van der Waals surface area (Å²) in [6.45, 7) is 1.42. The summed E-state index contributed by atoms with van der Waals surface area (Å²) in [4.78, 5) is 27.1. The fraction of sp³-hybridized carbons (Fsp3) is 0.273. The maximum absolute atomic E-state index is 9.40. The molecule has 2 unspecified atom stereocenters. The van der Waals surface area contributed by atoms with Gasteiger partial charge in [0.25, 0.3) is 6.01 Å². The first kappa shape index (κ1) is 20.9. The molecule has 33 heavy (non-hydrogen) atoms. The highest BCUT2D eigenvalue weighted by Crippen LogP contribution is 2.30. The summed E-state index contributed by atoms with van der Waals surface area (Å²) in [6, 6.07) is 6.18. The highest BCUT2D eigenvalue weighted by Gasteiger charge is 2.31. The zero-order valence-electron chi connectivity index (χ0n) is 17.5. The van der Waals surface area contributed by atoms with E-state index < -0.39 is 0 Å². The number of nitrogens with two attached hydrogens (primary N) is 1. The molecule has 0 aliphatic carbocycles. The van der Waals surface area contributed by atoms with Gasteiger partial charge in [0.05, 0.1) is 29.2 Å². The molecular weight excluding hydrogens is 442 g/mol. The van der Waals surface area contributed by atoms with Crippen molar-refractivity contribution in [2.45, 2.75) is 18.9 Å². The van der Waals surface area contributed by atoms with Crippen LogP contribution in [0.25, 0.3) is 27.8 Å². The van der Waals surface area contributed by atoms with E-state index in [1.807, 2.05) is 11.0 Å². The Labute approximate surface area is 193 Å². The number of H-pyrrole nitrogens is 1. The van der Waals surface area contributed by atoms with Gasteiger partial charge in [0.2, 0.25) is 5.71 Å². The Morgan fingerprint density at radius 3 is 3.21 bits per heavy atom. The molecule has 5 heterocycles. The number of halogens is 1. The molecule has 0 bridgehead atoms. The number of rotatable bonds is 6. The summed E-state index contributed by atoms with van der Waals surface area (Å²) < 4.78 is 5.80. The van der Waals surface area contributed by atoms with E-state index in [2.05, 4.69) is 31.0 Å². The minimum Gasteiger partial charge on any atom is -0.404 e. The van der Waals surface area contributed by atoms with Gasteiger partial charge in [0.15, 0.2) is 0 Å². The first-order valence-electron chi connectivity index (χ1n) is 10.4. The smallest absolute Gasteiger partial charge is 0.299 e. The first-order valence-corrected chi connectivity index (χ1v) is 10.8. The molecule has 1 saturated heterocycles. The number of aliphatic imine (C=N–C) groups is 1. The molecule has 0 radical (unpaired) electrons. The largest absolute Gasteiger partial charge is 0.404 e. The van der Waals surface area contributed by atoms with E-state index in [0.29, 0.717) is 46.5 Å². The van der Waals surface area contributed by atoms with Crippen LogP contribution in [0.3, 0.4) is 0 Å². The minimum absolute atomic E-state index is 0.157. The van der Waals surface area contributed by atoms with Crippen molar-refractivity contribution < 1.29 is 4.42 Å². The third-order valence-electron chi connectivity index (χ3n) is 5.75. The Balaban J connectivity index is 1.34. The second-order valence-corrected chi connectivity index (χ2v) is 8.20. The summed E-state index contributed by atoms with van der Waals surface area (Å²) in [7, 11) is 0. The van der Waals surface area contributed by atoms with Gasteiger partial charge in [-0.2, -0.15) is 10.2 Å². The predicted molar refractivity (Wildman–Crippen MR) is 126 cm³/mol. The van der Waals surface area contributed by atoms with E-state index in [1.54, 1.807) is 18.5 Å². The number of aromatic nitrogens is 5. The van der Waals surface area contributed by atoms with Crippen molar-refractivity contribution in [3.05, 3.63) is 47.8 Å². The zero-order valence-corrected chi connectivity index (χ0v) is 18.3. The minimum atomic E-state index is -0.199. The lowest BCUT2D eigenvalue weighted by Crippen LogP contribution is -2.25. The molecule has 0 aromatic carbocycles. The molecule has 0 saturated carbocycles. The fourth-order valence-corrected chi connectivity index (χ4v) is 4.25. The summed E-state index contributed by atoms with van der Waals surface area (Å²) >= 11 is 6.00. The summed E-state index contributed by atoms with van der Waals surface area (Å²) in [6.07, 6.45) is 9.13. The number of oxazole rings is 1. The topological polar surface area (TPSA) is 146 Å². The number of hydrogen-bond acceptors (Lipinski definition) is 9. The third kappa shape index (κ3) is 4.10. The number of aromatic amines is 1. The van der Waals surface area contributed by atoms with Gasteiger partial charge in [-0.05, 0) is 18.6 Å². The first-order chi connectivity index (χ1) is 16.2. The van der Waals surface area contributed by atoms with Crippen molar-refractivity contribution in [2.24, 2.45) is 16.6 Å².